The quantitative estimate of drug-likeness (QED) is 0.789. The molecule has 0 heterocycles. The first kappa shape index (κ1) is 14.4. The Labute approximate surface area is 109 Å². The van der Waals surface area contributed by atoms with E-state index in [-0.39, 0.29) is 12.8 Å². The topological polar surface area (TPSA) is 50.4 Å². The molecule has 0 aliphatic carbocycles. The van der Waals surface area contributed by atoms with Crippen molar-refractivity contribution >= 4 is 6.03 Å². The van der Waals surface area contributed by atoms with Gasteiger partial charge >= 0.3 is 6.03 Å². The molecule has 18 heavy (non-hydrogen) atoms. The van der Waals surface area contributed by atoms with Crippen molar-refractivity contribution < 1.29 is 9.53 Å². The smallest absolute Gasteiger partial charge is 0.317 e. The lowest BCUT2D eigenvalue weighted by Gasteiger charge is -2.12. The third-order valence-electron chi connectivity index (χ3n) is 2.69. The molecule has 4 nitrogen and oxygen atoms in total. The van der Waals surface area contributed by atoms with E-state index in [1.807, 2.05) is 45.9 Å². The highest BCUT2D eigenvalue weighted by Crippen LogP contribution is 2.19. The number of benzene rings is 1. The van der Waals surface area contributed by atoms with E-state index in [0.29, 0.717) is 12.5 Å². The Morgan fingerprint density at radius 3 is 2.67 bits per heavy atom. The summed E-state index contributed by atoms with van der Waals surface area (Å²) in [6, 6.07) is 5.67. The van der Waals surface area contributed by atoms with Gasteiger partial charge in [-0.2, -0.15) is 0 Å². The van der Waals surface area contributed by atoms with Gasteiger partial charge in [-0.3, -0.25) is 0 Å². The van der Waals surface area contributed by atoms with Crippen molar-refractivity contribution in [3.8, 4) is 5.75 Å². The normalized spacial score (nSPS) is 10.3. The van der Waals surface area contributed by atoms with Gasteiger partial charge in [0.2, 0.25) is 0 Å². The van der Waals surface area contributed by atoms with Crippen LogP contribution in [0.4, 0.5) is 4.79 Å². The fraction of sp³-hybridized carbons (Fsp3) is 0.500. The van der Waals surface area contributed by atoms with Crippen molar-refractivity contribution in [2.45, 2.75) is 27.7 Å². The van der Waals surface area contributed by atoms with Crippen molar-refractivity contribution in [3.63, 3.8) is 0 Å². The van der Waals surface area contributed by atoms with Gasteiger partial charge in [0.25, 0.3) is 0 Å². The molecule has 0 saturated heterocycles. The third kappa shape index (κ3) is 4.65. The van der Waals surface area contributed by atoms with Crippen LogP contribution in [0.25, 0.3) is 0 Å². The lowest BCUT2D eigenvalue weighted by Crippen LogP contribution is -2.39. The van der Waals surface area contributed by atoms with Crippen molar-refractivity contribution in [2.75, 3.05) is 13.3 Å². The van der Waals surface area contributed by atoms with Gasteiger partial charge < -0.3 is 15.4 Å². The van der Waals surface area contributed by atoms with Crippen molar-refractivity contribution in [2.24, 2.45) is 5.92 Å². The van der Waals surface area contributed by atoms with E-state index >= 15 is 0 Å². The van der Waals surface area contributed by atoms with Crippen LogP contribution in [0.2, 0.25) is 0 Å². The van der Waals surface area contributed by atoms with Crippen LogP contribution in [0.15, 0.2) is 18.2 Å². The number of ether oxygens (including phenoxy) is 1. The van der Waals surface area contributed by atoms with Gasteiger partial charge in [0.15, 0.2) is 6.73 Å². The summed E-state index contributed by atoms with van der Waals surface area (Å²) in [5, 5.41) is 5.43. The minimum absolute atomic E-state index is 0.175. The summed E-state index contributed by atoms with van der Waals surface area (Å²) in [4.78, 5) is 11.4. The Kier molecular flexibility index (Phi) is 5.49. The number of nitrogens with one attached hydrogen (secondary N) is 2. The predicted octanol–water partition coefficient (Wildman–Crippen LogP) is 2.59. The molecule has 1 rings (SSSR count). The monoisotopic (exact) mass is 250 g/mol. The molecule has 2 N–H and O–H groups in total. The number of rotatable bonds is 5. The van der Waals surface area contributed by atoms with Crippen LogP contribution < -0.4 is 15.4 Å². The van der Waals surface area contributed by atoms with Crippen LogP contribution in [-0.4, -0.2) is 19.3 Å². The van der Waals surface area contributed by atoms with E-state index in [4.69, 9.17) is 4.74 Å². The van der Waals surface area contributed by atoms with Crippen molar-refractivity contribution in [1.29, 1.82) is 0 Å². The fourth-order valence-corrected chi connectivity index (χ4v) is 1.42. The van der Waals surface area contributed by atoms with Crippen molar-refractivity contribution in [3.05, 3.63) is 29.3 Å². The van der Waals surface area contributed by atoms with E-state index in [0.717, 1.165) is 11.3 Å². The molecule has 0 aromatic heterocycles. The van der Waals surface area contributed by atoms with Gasteiger partial charge in [0.1, 0.15) is 5.75 Å². The molecule has 0 saturated carbocycles. The van der Waals surface area contributed by atoms with Gasteiger partial charge in [0.05, 0.1) is 0 Å². The number of aryl methyl sites for hydroxylation is 1. The Morgan fingerprint density at radius 1 is 1.28 bits per heavy atom. The maximum absolute atomic E-state index is 11.4. The number of amides is 2. The summed E-state index contributed by atoms with van der Waals surface area (Å²) in [5.74, 6) is 1.25. The zero-order valence-corrected chi connectivity index (χ0v) is 11.5. The molecule has 0 aliphatic rings. The second-order valence-electron chi connectivity index (χ2n) is 4.77. The second-order valence-corrected chi connectivity index (χ2v) is 4.77. The Morgan fingerprint density at radius 2 is 2.00 bits per heavy atom. The summed E-state index contributed by atoms with van der Waals surface area (Å²) in [5.41, 5.74) is 2.28. The summed E-state index contributed by atoms with van der Waals surface area (Å²) in [6.45, 7) is 8.97. The maximum atomic E-state index is 11.4. The minimum Gasteiger partial charge on any atom is -0.473 e. The van der Waals surface area contributed by atoms with Gasteiger partial charge in [0, 0.05) is 6.54 Å². The minimum atomic E-state index is -0.200. The summed E-state index contributed by atoms with van der Waals surface area (Å²) >= 11 is 0. The molecular weight excluding hydrogens is 228 g/mol. The molecule has 100 valence electrons. The molecular formula is C14H22N2O2. The zero-order valence-electron chi connectivity index (χ0n) is 11.5. The fourth-order valence-electron chi connectivity index (χ4n) is 1.42. The maximum Gasteiger partial charge on any atom is 0.317 e. The summed E-state index contributed by atoms with van der Waals surface area (Å²) in [6.07, 6.45) is 0. The Bertz CT molecular complexity index is 403. The van der Waals surface area contributed by atoms with Gasteiger partial charge in [-0.1, -0.05) is 26.0 Å². The summed E-state index contributed by atoms with van der Waals surface area (Å²) in [7, 11) is 0. The highest BCUT2D eigenvalue weighted by atomic mass is 16.5. The lowest BCUT2D eigenvalue weighted by atomic mass is 10.1. The largest absolute Gasteiger partial charge is 0.473 e. The van der Waals surface area contributed by atoms with Gasteiger partial charge in [-0.25, -0.2) is 4.79 Å². The molecule has 0 fully saturated rings. The van der Waals surface area contributed by atoms with E-state index in [2.05, 4.69) is 10.6 Å². The lowest BCUT2D eigenvalue weighted by molar-refractivity contribution is 0.222. The molecule has 0 radical (unpaired) electrons. The van der Waals surface area contributed by atoms with Crippen LogP contribution in [0.1, 0.15) is 25.0 Å². The number of carbonyl (C=O) groups excluding carboxylic acids is 1. The Balaban J connectivity index is 2.33. The van der Waals surface area contributed by atoms with E-state index in [1.165, 1.54) is 5.56 Å². The van der Waals surface area contributed by atoms with Crippen LogP contribution >= 0.6 is 0 Å². The van der Waals surface area contributed by atoms with Crippen LogP contribution in [0.3, 0.4) is 0 Å². The second kappa shape index (κ2) is 6.89. The molecule has 2 amide bonds. The number of hydrogen-bond donors (Lipinski definition) is 2. The Hall–Kier alpha value is -1.71. The summed E-state index contributed by atoms with van der Waals surface area (Å²) < 4.78 is 5.52. The van der Waals surface area contributed by atoms with Crippen LogP contribution in [0, 0.1) is 19.8 Å². The number of hydrogen-bond acceptors (Lipinski definition) is 2. The molecule has 0 bridgehead atoms. The third-order valence-corrected chi connectivity index (χ3v) is 2.69. The molecule has 0 atom stereocenters. The first-order valence-electron chi connectivity index (χ1n) is 6.21. The SMILES string of the molecule is Cc1cccc(OCNC(=O)NCC(C)C)c1C. The van der Waals surface area contributed by atoms with E-state index in [9.17, 15) is 4.79 Å². The highest BCUT2D eigenvalue weighted by molar-refractivity contribution is 5.73. The van der Waals surface area contributed by atoms with Crippen molar-refractivity contribution in [1.82, 2.24) is 10.6 Å². The van der Waals surface area contributed by atoms with Gasteiger partial charge in [-0.15, -0.1) is 0 Å². The molecule has 0 unspecified atom stereocenters. The molecule has 1 aromatic rings. The molecule has 0 spiro atoms. The number of urea groups is 1. The average molecular weight is 250 g/mol. The molecule has 4 heteroatoms. The van der Waals surface area contributed by atoms with Crippen LogP contribution in [-0.2, 0) is 0 Å². The highest BCUT2D eigenvalue weighted by Gasteiger charge is 2.03. The first-order valence-corrected chi connectivity index (χ1v) is 6.21. The number of carbonyl (C=O) groups is 1. The molecule has 0 aliphatic heterocycles. The van der Waals surface area contributed by atoms with E-state index < -0.39 is 0 Å². The standard InChI is InChI=1S/C14H22N2O2/c1-10(2)8-15-14(17)16-9-18-13-7-5-6-11(3)12(13)4/h5-7,10H,8-9H2,1-4H3,(H2,15,16,17). The van der Waals surface area contributed by atoms with E-state index in [1.54, 1.807) is 0 Å². The predicted molar refractivity (Wildman–Crippen MR) is 72.8 cm³/mol. The zero-order chi connectivity index (χ0) is 13.5. The van der Waals surface area contributed by atoms with Crippen LogP contribution in [0.5, 0.6) is 5.75 Å². The first-order chi connectivity index (χ1) is 8.50. The molecule has 1 aromatic carbocycles. The van der Waals surface area contributed by atoms with Gasteiger partial charge in [-0.05, 0) is 37.0 Å². The average Bonchev–Trinajstić information content (AvgIpc) is 2.32.